The van der Waals surface area contributed by atoms with E-state index >= 15 is 0 Å². The second-order valence-electron chi connectivity index (χ2n) is 5.00. The van der Waals surface area contributed by atoms with E-state index in [0.29, 0.717) is 0 Å². The van der Waals surface area contributed by atoms with Crippen LogP contribution in [0.3, 0.4) is 0 Å². The third kappa shape index (κ3) is 3.19. The Kier molecular flexibility index (Phi) is 4.80. The molecule has 2 rings (SSSR count). The second-order valence-corrected chi connectivity index (χ2v) is 5.00. The van der Waals surface area contributed by atoms with Gasteiger partial charge in [0.25, 0.3) is 0 Å². The summed E-state index contributed by atoms with van der Waals surface area (Å²) in [6, 6.07) is 1.49. The summed E-state index contributed by atoms with van der Waals surface area (Å²) in [6.45, 7) is 0. The van der Waals surface area contributed by atoms with E-state index in [1.165, 1.54) is 0 Å². The fourth-order valence-electron chi connectivity index (χ4n) is 2.11. The molecule has 0 bridgehead atoms. The number of aliphatic carboxylic acids is 1. The Bertz CT molecular complexity index is 634. The highest BCUT2D eigenvalue weighted by Crippen LogP contribution is 2.39. The summed E-state index contributed by atoms with van der Waals surface area (Å²) in [6.07, 6.45) is -9.58. The zero-order valence-electron chi connectivity index (χ0n) is 11.8. The lowest BCUT2D eigenvalue weighted by Crippen LogP contribution is -2.61. The van der Waals surface area contributed by atoms with Crippen LogP contribution in [-0.2, 0) is 9.53 Å². The number of hydrogen-bond acceptors (Lipinski definition) is 9. The van der Waals surface area contributed by atoms with E-state index in [0.717, 1.165) is 12.1 Å². The van der Waals surface area contributed by atoms with Crippen LogP contribution in [0.4, 0.5) is 0 Å². The fourth-order valence-corrected chi connectivity index (χ4v) is 2.11. The second kappa shape index (κ2) is 6.49. The Morgan fingerprint density at radius 2 is 1.50 bits per heavy atom. The van der Waals surface area contributed by atoms with E-state index in [4.69, 9.17) is 19.7 Å². The lowest BCUT2D eigenvalue weighted by Gasteiger charge is -2.38. The molecule has 11 nitrogen and oxygen atoms in total. The molecular formula is C13H14O11. The molecule has 1 fully saturated rings. The number of carboxylic acid groups (broad SMARTS) is 2. The van der Waals surface area contributed by atoms with Gasteiger partial charge in [-0.1, -0.05) is 0 Å². The van der Waals surface area contributed by atoms with Crippen LogP contribution in [0, 0.1) is 0 Å². The number of phenols is 2. The summed E-state index contributed by atoms with van der Waals surface area (Å²) in [5.41, 5.74) is -0.457. The zero-order chi connectivity index (χ0) is 18.2. The van der Waals surface area contributed by atoms with Gasteiger partial charge in [0.15, 0.2) is 17.6 Å². The van der Waals surface area contributed by atoms with E-state index in [9.17, 15) is 35.1 Å². The van der Waals surface area contributed by atoms with Crippen LogP contribution in [0.25, 0.3) is 0 Å². The number of aromatic hydroxyl groups is 2. The minimum atomic E-state index is -1.94. The maximum Gasteiger partial charge on any atom is 0.335 e. The minimum absolute atomic E-state index is 0.457. The molecule has 5 atom stereocenters. The number of rotatable bonds is 4. The zero-order valence-corrected chi connectivity index (χ0v) is 11.8. The Morgan fingerprint density at radius 3 is 1.96 bits per heavy atom. The summed E-state index contributed by atoms with van der Waals surface area (Å²) in [5, 5.41) is 66.1. The lowest BCUT2D eigenvalue weighted by atomic mass is 9.99. The summed E-state index contributed by atoms with van der Waals surface area (Å²) < 4.78 is 9.78. The van der Waals surface area contributed by atoms with Crippen molar-refractivity contribution >= 4 is 11.9 Å². The lowest BCUT2D eigenvalue weighted by molar-refractivity contribution is -0.271. The van der Waals surface area contributed by atoms with Crippen LogP contribution < -0.4 is 4.74 Å². The number of phenolic OH excluding ortho intramolecular Hbond substituents is 2. The molecule has 0 aromatic heterocycles. The Hall–Kier alpha value is -2.60. The molecule has 1 aromatic rings. The van der Waals surface area contributed by atoms with E-state index in [1.807, 2.05) is 0 Å². The first-order valence-corrected chi connectivity index (χ1v) is 6.52. The Morgan fingerprint density at radius 1 is 0.958 bits per heavy atom. The van der Waals surface area contributed by atoms with Crippen molar-refractivity contribution in [3.05, 3.63) is 17.7 Å². The average molecular weight is 346 g/mol. The van der Waals surface area contributed by atoms with Gasteiger partial charge in [-0.3, -0.25) is 0 Å². The van der Waals surface area contributed by atoms with Gasteiger partial charge in [0.2, 0.25) is 12.0 Å². The van der Waals surface area contributed by atoms with Crippen molar-refractivity contribution < 1.29 is 54.8 Å². The maximum atomic E-state index is 11.0. The summed E-state index contributed by atoms with van der Waals surface area (Å²) in [7, 11) is 0. The van der Waals surface area contributed by atoms with Crippen LogP contribution in [0.1, 0.15) is 10.4 Å². The molecule has 1 saturated heterocycles. The Labute approximate surface area is 133 Å². The number of hydrogen-bond donors (Lipinski definition) is 7. The van der Waals surface area contributed by atoms with Gasteiger partial charge in [0, 0.05) is 0 Å². The molecule has 1 aromatic carbocycles. The van der Waals surface area contributed by atoms with E-state index < -0.39 is 65.5 Å². The number of carbonyl (C=O) groups is 2. The van der Waals surface area contributed by atoms with E-state index in [-0.39, 0.29) is 0 Å². The summed E-state index contributed by atoms with van der Waals surface area (Å²) in [4.78, 5) is 21.8. The average Bonchev–Trinajstić information content (AvgIpc) is 2.49. The molecule has 1 heterocycles. The minimum Gasteiger partial charge on any atom is -0.504 e. The predicted molar refractivity (Wildman–Crippen MR) is 71.7 cm³/mol. The van der Waals surface area contributed by atoms with E-state index in [2.05, 4.69) is 0 Å². The molecule has 0 spiro atoms. The molecule has 24 heavy (non-hydrogen) atoms. The summed E-state index contributed by atoms with van der Waals surface area (Å²) >= 11 is 0. The maximum absolute atomic E-state index is 11.0. The van der Waals surface area contributed by atoms with Gasteiger partial charge in [-0.15, -0.1) is 0 Å². The van der Waals surface area contributed by atoms with Crippen LogP contribution in [0.5, 0.6) is 17.2 Å². The normalized spacial score (nSPS) is 29.9. The number of aliphatic hydroxyl groups excluding tert-OH is 3. The highest BCUT2D eigenvalue weighted by atomic mass is 16.7. The van der Waals surface area contributed by atoms with Crippen molar-refractivity contribution in [1.29, 1.82) is 0 Å². The third-order valence-electron chi connectivity index (χ3n) is 3.34. The molecule has 1 aliphatic rings. The van der Waals surface area contributed by atoms with Crippen molar-refractivity contribution in [3.8, 4) is 17.2 Å². The molecule has 132 valence electrons. The van der Waals surface area contributed by atoms with Gasteiger partial charge in [0.1, 0.15) is 18.3 Å². The Balaban J connectivity index is 2.29. The van der Waals surface area contributed by atoms with Gasteiger partial charge in [-0.05, 0) is 12.1 Å². The molecule has 0 aliphatic carbocycles. The smallest absolute Gasteiger partial charge is 0.335 e. The van der Waals surface area contributed by atoms with Gasteiger partial charge in [-0.2, -0.15) is 0 Å². The van der Waals surface area contributed by atoms with E-state index in [1.54, 1.807) is 0 Å². The highest BCUT2D eigenvalue weighted by Gasteiger charge is 2.48. The number of aliphatic hydroxyl groups is 3. The molecule has 5 unspecified atom stereocenters. The summed E-state index contributed by atoms with van der Waals surface area (Å²) in [5.74, 6) is -5.43. The number of aromatic carboxylic acids is 1. The van der Waals surface area contributed by atoms with Crippen LogP contribution in [0.15, 0.2) is 12.1 Å². The predicted octanol–water partition coefficient (Wildman–Crippen LogP) is -1.93. The first-order chi connectivity index (χ1) is 11.1. The molecule has 0 saturated carbocycles. The van der Waals surface area contributed by atoms with Crippen LogP contribution >= 0.6 is 0 Å². The first kappa shape index (κ1) is 17.7. The van der Waals surface area contributed by atoms with Crippen LogP contribution in [0.2, 0.25) is 0 Å². The SMILES string of the molecule is O=C(O)c1cc(O)c(OC2OC(C(=O)O)C(O)C(O)C2O)c(O)c1. The standard InChI is InChI=1S/C13H14O11/c14-4-1-3(11(19)20)2-5(15)9(4)23-13-8(18)6(16)7(17)10(24-13)12(21)22/h1-2,6-8,10,13-18H,(H,19,20)(H,21,22). The first-order valence-electron chi connectivity index (χ1n) is 6.52. The topological polar surface area (TPSA) is 194 Å². The third-order valence-corrected chi connectivity index (χ3v) is 3.34. The molecule has 7 N–H and O–H groups in total. The van der Waals surface area contributed by atoms with Crippen molar-refractivity contribution in [2.24, 2.45) is 0 Å². The number of ether oxygens (including phenoxy) is 2. The van der Waals surface area contributed by atoms with Crippen molar-refractivity contribution in [2.75, 3.05) is 0 Å². The molecule has 1 aliphatic heterocycles. The monoisotopic (exact) mass is 346 g/mol. The highest BCUT2D eigenvalue weighted by molar-refractivity contribution is 5.89. The van der Waals surface area contributed by atoms with Gasteiger partial charge >= 0.3 is 11.9 Å². The molecule has 0 amide bonds. The fraction of sp³-hybridized carbons (Fsp3) is 0.385. The van der Waals surface area contributed by atoms with Crippen molar-refractivity contribution in [3.63, 3.8) is 0 Å². The van der Waals surface area contributed by atoms with Gasteiger partial charge in [0.05, 0.1) is 5.56 Å². The number of benzene rings is 1. The largest absolute Gasteiger partial charge is 0.504 e. The van der Waals surface area contributed by atoms with Crippen molar-refractivity contribution in [1.82, 2.24) is 0 Å². The molecule has 0 radical (unpaired) electrons. The number of carboxylic acids is 2. The quantitative estimate of drug-likeness (QED) is 0.321. The van der Waals surface area contributed by atoms with Crippen LogP contribution in [-0.4, -0.2) is 78.4 Å². The van der Waals surface area contributed by atoms with Gasteiger partial charge in [-0.25, -0.2) is 9.59 Å². The molecule has 11 heteroatoms. The van der Waals surface area contributed by atoms with Gasteiger partial charge < -0.3 is 45.2 Å². The van der Waals surface area contributed by atoms with Crippen molar-refractivity contribution in [2.45, 2.75) is 30.7 Å². The molecular weight excluding hydrogens is 332 g/mol.